The third kappa shape index (κ3) is 32.0. The summed E-state index contributed by atoms with van der Waals surface area (Å²) in [6, 6.07) is -0.952. The number of carbonyl (C=O) groups excluding carboxylic acids is 2. The van der Waals surface area contributed by atoms with Gasteiger partial charge in [0.2, 0.25) is 5.91 Å². The zero-order valence-corrected chi connectivity index (χ0v) is 29.5. The monoisotopic (exact) mass is 622 g/mol. The van der Waals surface area contributed by atoms with E-state index in [9.17, 15) is 14.7 Å². The van der Waals surface area contributed by atoms with Gasteiger partial charge in [-0.25, -0.2) is 4.79 Å². The van der Waals surface area contributed by atoms with E-state index in [0.29, 0.717) is 13.0 Å². The molecule has 5 nitrogen and oxygen atoms in total. The van der Waals surface area contributed by atoms with E-state index in [-0.39, 0.29) is 5.91 Å². The third-order valence-electron chi connectivity index (χ3n) is 8.71. The lowest BCUT2D eigenvalue weighted by atomic mass is 10.0. The van der Waals surface area contributed by atoms with Crippen LogP contribution < -0.4 is 5.32 Å². The molecule has 0 bridgehead atoms. The van der Waals surface area contributed by atoms with Crippen molar-refractivity contribution in [3.05, 3.63) is 12.2 Å². The molecule has 260 valence electrons. The van der Waals surface area contributed by atoms with Crippen LogP contribution in [0.25, 0.3) is 0 Å². The van der Waals surface area contributed by atoms with E-state index in [4.69, 9.17) is 4.74 Å². The molecule has 0 aliphatic rings. The van der Waals surface area contributed by atoms with Crippen molar-refractivity contribution in [2.75, 3.05) is 13.2 Å². The Morgan fingerprint density at radius 1 is 0.545 bits per heavy atom. The molecule has 0 unspecified atom stereocenters. The summed E-state index contributed by atoms with van der Waals surface area (Å²) >= 11 is 0. The highest BCUT2D eigenvalue weighted by Crippen LogP contribution is 2.14. The van der Waals surface area contributed by atoms with Crippen molar-refractivity contribution >= 4 is 11.9 Å². The highest BCUT2D eigenvalue weighted by Gasteiger charge is 2.21. The molecule has 0 saturated carbocycles. The molecule has 0 saturated heterocycles. The van der Waals surface area contributed by atoms with Crippen LogP contribution >= 0.6 is 0 Å². The molecule has 0 spiro atoms. The quantitative estimate of drug-likeness (QED) is 0.0419. The van der Waals surface area contributed by atoms with Crippen LogP contribution in [0.5, 0.6) is 0 Å². The number of ether oxygens (including phenoxy) is 1. The summed E-state index contributed by atoms with van der Waals surface area (Å²) in [5.74, 6) is -0.701. The fourth-order valence-corrected chi connectivity index (χ4v) is 5.73. The molecule has 5 heteroatoms. The van der Waals surface area contributed by atoms with Crippen molar-refractivity contribution in [3.8, 4) is 0 Å². The van der Waals surface area contributed by atoms with Crippen LogP contribution in [0.1, 0.15) is 206 Å². The lowest BCUT2D eigenvalue weighted by Crippen LogP contribution is -2.44. The Hall–Kier alpha value is -1.36. The first-order valence-electron chi connectivity index (χ1n) is 19.4. The van der Waals surface area contributed by atoms with Crippen LogP contribution in [-0.2, 0) is 14.3 Å². The molecular formula is C39H75NO4. The number of esters is 1. The Bertz CT molecular complexity index is 636. The van der Waals surface area contributed by atoms with Gasteiger partial charge in [0.1, 0.15) is 0 Å². The molecule has 0 aromatic rings. The second kappa shape index (κ2) is 36.1. The Balaban J connectivity index is 3.54. The molecule has 44 heavy (non-hydrogen) atoms. The number of hydrogen-bond donors (Lipinski definition) is 2. The number of carbonyl (C=O) groups is 2. The van der Waals surface area contributed by atoms with Gasteiger partial charge in [-0.15, -0.1) is 0 Å². The lowest BCUT2D eigenvalue weighted by molar-refractivity contribution is -0.149. The predicted molar refractivity (Wildman–Crippen MR) is 189 cm³/mol. The zero-order valence-electron chi connectivity index (χ0n) is 29.5. The maximum Gasteiger partial charge on any atom is 0.331 e. The Morgan fingerprint density at radius 2 is 0.909 bits per heavy atom. The standard InChI is InChI=1S/C39H75NO4/c1-3-5-7-9-11-13-15-17-19-21-23-25-27-29-31-33-35-44-39(43)37(36-41)40-38(42)34-32-30-28-26-24-22-20-18-16-14-12-10-8-6-4-2/h18,20,37,41H,3-17,19,21-36H2,1-2H3,(H,40,42)/b20-18-/t37-/m0/s1. The zero-order chi connectivity index (χ0) is 32.2. The van der Waals surface area contributed by atoms with Crippen molar-refractivity contribution in [2.45, 2.75) is 213 Å². The molecule has 0 aliphatic heterocycles. The number of hydrogen-bond acceptors (Lipinski definition) is 4. The second-order valence-corrected chi connectivity index (χ2v) is 13.1. The number of aliphatic hydroxyl groups excluding tert-OH is 1. The third-order valence-corrected chi connectivity index (χ3v) is 8.71. The van der Waals surface area contributed by atoms with Gasteiger partial charge in [0, 0.05) is 6.42 Å². The average Bonchev–Trinajstić information content (AvgIpc) is 3.03. The topological polar surface area (TPSA) is 75.6 Å². The summed E-state index contributed by atoms with van der Waals surface area (Å²) in [6.07, 6.45) is 41.8. The fraction of sp³-hybridized carbons (Fsp3) is 0.897. The minimum absolute atomic E-state index is 0.180. The molecule has 0 aromatic heterocycles. The van der Waals surface area contributed by atoms with E-state index in [0.717, 1.165) is 38.5 Å². The van der Waals surface area contributed by atoms with Crippen LogP contribution in [0, 0.1) is 0 Å². The van der Waals surface area contributed by atoms with Gasteiger partial charge in [-0.1, -0.05) is 174 Å². The van der Waals surface area contributed by atoms with E-state index < -0.39 is 18.6 Å². The molecule has 1 amide bonds. The van der Waals surface area contributed by atoms with Crippen molar-refractivity contribution in [1.82, 2.24) is 5.32 Å². The maximum absolute atomic E-state index is 12.3. The van der Waals surface area contributed by atoms with Gasteiger partial charge in [0.25, 0.3) is 0 Å². The van der Waals surface area contributed by atoms with Gasteiger partial charge in [-0.3, -0.25) is 4.79 Å². The van der Waals surface area contributed by atoms with Gasteiger partial charge in [0.05, 0.1) is 13.2 Å². The lowest BCUT2D eigenvalue weighted by Gasteiger charge is -2.15. The minimum atomic E-state index is -0.952. The summed E-state index contributed by atoms with van der Waals surface area (Å²) in [5, 5.41) is 12.2. The van der Waals surface area contributed by atoms with E-state index >= 15 is 0 Å². The number of allylic oxidation sites excluding steroid dienone is 2. The molecule has 0 rings (SSSR count). The first-order valence-corrected chi connectivity index (χ1v) is 19.4. The fourth-order valence-electron chi connectivity index (χ4n) is 5.73. The van der Waals surface area contributed by atoms with Crippen molar-refractivity contribution in [2.24, 2.45) is 0 Å². The van der Waals surface area contributed by atoms with Crippen LogP contribution in [0.4, 0.5) is 0 Å². The van der Waals surface area contributed by atoms with Crippen molar-refractivity contribution in [3.63, 3.8) is 0 Å². The van der Waals surface area contributed by atoms with E-state index in [1.165, 1.54) is 148 Å². The summed E-state index contributed by atoms with van der Waals surface area (Å²) in [4.78, 5) is 24.5. The Kier molecular flexibility index (Phi) is 35.0. The summed E-state index contributed by atoms with van der Waals surface area (Å²) in [5.41, 5.74) is 0. The smallest absolute Gasteiger partial charge is 0.331 e. The van der Waals surface area contributed by atoms with Gasteiger partial charge < -0.3 is 15.2 Å². The molecular weight excluding hydrogens is 546 g/mol. The van der Waals surface area contributed by atoms with Gasteiger partial charge in [-0.05, 0) is 38.5 Å². The number of nitrogens with one attached hydrogen (secondary N) is 1. The SMILES string of the molecule is CCCCCCCC/C=C\CCCCCCCC(=O)N[C@@H](CO)C(=O)OCCCCCCCCCCCCCCCCCC. The summed E-state index contributed by atoms with van der Waals surface area (Å²) < 4.78 is 5.33. The highest BCUT2D eigenvalue weighted by atomic mass is 16.5. The largest absolute Gasteiger partial charge is 0.464 e. The van der Waals surface area contributed by atoms with E-state index in [1.54, 1.807) is 0 Å². The summed E-state index contributed by atoms with van der Waals surface area (Å²) in [6.45, 7) is 4.47. The van der Waals surface area contributed by atoms with Gasteiger partial charge in [-0.2, -0.15) is 0 Å². The molecule has 0 aromatic carbocycles. The molecule has 0 heterocycles. The van der Waals surface area contributed by atoms with Crippen LogP contribution in [0.3, 0.4) is 0 Å². The van der Waals surface area contributed by atoms with Gasteiger partial charge in [0.15, 0.2) is 6.04 Å². The molecule has 0 aliphatic carbocycles. The highest BCUT2D eigenvalue weighted by molar-refractivity contribution is 5.84. The minimum Gasteiger partial charge on any atom is -0.464 e. The summed E-state index contributed by atoms with van der Waals surface area (Å²) in [7, 11) is 0. The Labute approximate surface area is 274 Å². The number of unbranched alkanes of at least 4 members (excludes halogenated alkanes) is 26. The average molecular weight is 622 g/mol. The molecule has 0 radical (unpaired) electrons. The van der Waals surface area contributed by atoms with Crippen LogP contribution in [0.15, 0.2) is 12.2 Å². The molecule has 2 N–H and O–H groups in total. The van der Waals surface area contributed by atoms with Crippen molar-refractivity contribution < 1.29 is 19.4 Å². The normalized spacial score (nSPS) is 12.2. The maximum atomic E-state index is 12.3. The van der Waals surface area contributed by atoms with Gasteiger partial charge >= 0.3 is 5.97 Å². The second-order valence-electron chi connectivity index (χ2n) is 13.1. The Morgan fingerprint density at radius 3 is 1.32 bits per heavy atom. The number of aliphatic hydroxyl groups is 1. The van der Waals surface area contributed by atoms with Crippen LogP contribution in [0.2, 0.25) is 0 Å². The number of amides is 1. The van der Waals surface area contributed by atoms with Crippen LogP contribution in [-0.4, -0.2) is 36.2 Å². The molecule has 0 fully saturated rings. The van der Waals surface area contributed by atoms with E-state index in [2.05, 4.69) is 31.3 Å². The predicted octanol–water partition coefficient (Wildman–Crippen LogP) is 11.3. The van der Waals surface area contributed by atoms with Crippen molar-refractivity contribution in [1.29, 1.82) is 0 Å². The first kappa shape index (κ1) is 42.6. The first-order chi connectivity index (χ1) is 21.7. The van der Waals surface area contributed by atoms with E-state index in [1.807, 2.05) is 0 Å². The molecule has 1 atom stereocenters. The number of rotatable bonds is 35.